The Kier molecular flexibility index (Phi) is 4.08. The lowest BCUT2D eigenvalue weighted by molar-refractivity contribution is -0.130. The van der Waals surface area contributed by atoms with E-state index < -0.39 is 20.2 Å². The van der Waals surface area contributed by atoms with Gasteiger partial charge in [-0.3, -0.25) is 8.37 Å². The van der Waals surface area contributed by atoms with E-state index in [1.165, 1.54) is 0 Å². The maximum atomic E-state index is 11.6. The van der Waals surface area contributed by atoms with Crippen LogP contribution in [0.5, 0.6) is 0 Å². The third-order valence-corrected chi connectivity index (χ3v) is 7.89. The summed E-state index contributed by atoms with van der Waals surface area (Å²) >= 11 is 0. The fourth-order valence-corrected chi connectivity index (χ4v) is 6.53. The van der Waals surface area contributed by atoms with Crippen molar-refractivity contribution in [2.45, 2.75) is 12.8 Å². The minimum absolute atomic E-state index is 0.0196. The summed E-state index contributed by atoms with van der Waals surface area (Å²) in [6.07, 6.45) is 17.2. The summed E-state index contributed by atoms with van der Waals surface area (Å²) in [5, 5.41) is 0. The second-order valence-corrected chi connectivity index (χ2v) is 11.3. The molecule has 144 valence electrons. The van der Waals surface area contributed by atoms with Gasteiger partial charge in [-0.15, -0.1) is 0 Å². The summed E-state index contributed by atoms with van der Waals surface area (Å²) in [6.45, 7) is 0.106. The maximum absolute atomic E-state index is 11.6. The standard InChI is InChI=1S/C18H24O6S2/c1-25(19,20)23-11-13-14(12-24-26(2,21)22)16-6-5-15(13)17-7-3-4-8-18(16,17)10-9-17/h3-6,9-10,13-16H,7-8,11-12H2,1-2H3/t13-,14+,15+,16-,17-,18+. The van der Waals surface area contributed by atoms with E-state index in [2.05, 4.69) is 36.5 Å². The molecule has 5 rings (SSSR count). The molecule has 0 saturated heterocycles. The van der Waals surface area contributed by atoms with Gasteiger partial charge in [-0.25, -0.2) is 0 Å². The van der Waals surface area contributed by atoms with Crippen LogP contribution in [0, 0.1) is 34.5 Å². The summed E-state index contributed by atoms with van der Waals surface area (Å²) in [6, 6.07) is 0. The second-order valence-electron chi connectivity index (χ2n) is 8.04. The number of allylic oxidation sites excluding steroid dienone is 6. The minimum Gasteiger partial charge on any atom is -0.270 e. The van der Waals surface area contributed by atoms with E-state index in [1.807, 2.05) is 0 Å². The van der Waals surface area contributed by atoms with Gasteiger partial charge in [0, 0.05) is 10.8 Å². The zero-order chi connectivity index (χ0) is 18.8. The van der Waals surface area contributed by atoms with Crippen molar-refractivity contribution in [3.05, 3.63) is 36.5 Å². The molecule has 26 heavy (non-hydrogen) atoms. The quantitative estimate of drug-likeness (QED) is 0.500. The zero-order valence-corrected chi connectivity index (χ0v) is 16.5. The lowest BCUT2D eigenvalue weighted by atomic mass is 9.33. The molecule has 0 spiro atoms. The molecule has 0 radical (unpaired) electrons. The first-order valence-electron chi connectivity index (χ1n) is 8.81. The molecule has 5 aliphatic rings. The molecular weight excluding hydrogens is 376 g/mol. The normalized spacial score (nSPS) is 43.0. The molecule has 0 aromatic rings. The molecule has 1 fully saturated rings. The van der Waals surface area contributed by atoms with Gasteiger partial charge in [0.05, 0.1) is 25.7 Å². The lowest BCUT2D eigenvalue weighted by Gasteiger charge is -2.70. The van der Waals surface area contributed by atoms with Crippen LogP contribution in [0.25, 0.3) is 0 Å². The highest BCUT2D eigenvalue weighted by molar-refractivity contribution is 7.86. The molecular formula is C18H24O6S2. The van der Waals surface area contributed by atoms with E-state index in [0.29, 0.717) is 0 Å². The second kappa shape index (κ2) is 5.77. The Morgan fingerprint density at radius 2 is 1.19 bits per heavy atom. The van der Waals surface area contributed by atoms with Crippen LogP contribution in [-0.2, 0) is 28.6 Å². The van der Waals surface area contributed by atoms with Gasteiger partial charge in [0.2, 0.25) is 0 Å². The van der Waals surface area contributed by atoms with E-state index >= 15 is 0 Å². The molecule has 5 aliphatic carbocycles. The fourth-order valence-electron chi connectivity index (χ4n) is 5.72. The van der Waals surface area contributed by atoms with E-state index in [-0.39, 0.29) is 47.7 Å². The Balaban J connectivity index is 1.70. The van der Waals surface area contributed by atoms with Crippen LogP contribution in [0.4, 0.5) is 0 Å². The Morgan fingerprint density at radius 3 is 1.50 bits per heavy atom. The van der Waals surface area contributed by atoms with Crippen LogP contribution in [-0.4, -0.2) is 42.6 Å². The molecule has 0 unspecified atom stereocenters. The highest BCUT2D eigenvalue weighted by Gasteiger charge is 2.69. The number of hydrogen-bond acceptors (Lipinski definition) is 6. The third-order valence-electron chi connectivity index (χ3n) is 6.76. The Labute approximate surface area is 155 Å². The highest BCUT2D eigenvalue weighted by Crippen LogP contribution is 2.74. The highest BCUT2D eigenvalue weighted by atomic mass is 32.2. The smallest absolute Gasteiger partial charge is 0.264 e. The summed E-state index contributed by atoms with van der Waals surface area (Å²) in [5.41, 5.74) is -0.0391. The molecule has 0 aromatic heterocycles. The van der Waals surface area contributed by atoms with E-state index in [0.717, 1.165) is 25.4 Å². The molecule has 0 aromatic carbocycles. The Morgan fingerprint density at radius 1 is 0.808 bits per heavy atom. The largest absolute Gasteiger partial charge is 0.270 e. The van der Waals surface area contributed by atoms with Gasteiger partial charge < -0.3 is 0 Å². The first kappa shape index (κ1) is 18.4. The van der Waals surface area contributed by atoms with E-state index in [1.54, 1.807) is 0 Å². The van der Waals surface area contributed by atoms with Gasteiger partial charge >= 0.3 is 0 Å². The number of hydrogen-bond donors (Lipinski definition) is 0. The van der Waals surface area contributed by atoms with Gasteiger partial charge in [0.15, 0.2) is 0 Å². The van der Waals surface area contributed by atoms with Crippen LogP contribution < -0.4 is 0 Å². The molecule has 0 amide bonds. The van der Waals surface area contributed by atoms with Gasteiger partial charge in [-0.05, 0) is 36.5 Å². The monoisotopic (exact) mass is 400 g/mol. The van der Waals surface area contributed by atoms with Crippen molar-refractivity contribution in [2.75, 3.05) is 25.7 Å². The van der Waals surface area contributed by atoms with Crippen molar-refractivity contribution in [3.8, 4) is 0 Å². The number of fused-ring (bicyclic) bond motifs is 1. The predicted molar refractivity (Wildman–Crippen MR) is 97.1 cm³/mol. The van der Waals surface area contributed by atoms with Crippen molar-refractivity contribution in [2.24, 2.45) is 34.5 Å². The van der Waals surface area contributed by atoms with Crippen molar-refractivity contribution in [3.63, 3.8) is 0 Å². The Bertz CT molecular complexity index is 828. The van der Waals surface area contributed by atoms with Crippen molar-refractivity contribution in [1.29, 1.82) is 0 Å². The summed E-state index contributed by atoms with van der Waals surface area (Å²) < 4.78 is 56.5. The van der Waals surface area contributed by atoms with Crippen molar-refractivity contribution < 1.29 is 25.2 Å². The topological polar surface area (TPSA) is 86.7 Å². The van der Waals surface area contributed by atoms with Gasteiger partial charge in [0.25, 0.3) is 20.2 Å². The first-order chi connectivity index (χ1) is 12.1. The number of rotatable bonds is 6. The van der Waals surface area contributed by atoms with E-state index in [9.17, 15) is 16.8 Å². The zero-order valence-electron chi connectivity index (χ0n) is 14.9. The SMILES string of the molecule is CS(=O)(=O)OC[C@@H]1[C@H](COS(C)(=O)=O)[C@H]2C=C[C@@H]1[C@@]13C=C[C@@]21CC=CC3. The molecule has 6 nitrogen and oxygen atoms in total. The van der Waals surface area contributed by atoms with E-state index in [4.69, 9.17) is 8.37 Å². The van der Waals surface area contributed by atoms with Crippen LogP contribution in [0.3, 0.4) is 0 Å². The molecule has 0 aliphatic heterocycles. The maximum Gasteiger partial charge on any atom is 0.264 e. The third kappa shape index (κ3) is 2.65. The average Bonchev–Trinajstić information content (AvgIpc) is 2.51. The molecule has 8 heteroatoms. The van der Waals surface area contributed by atoms with Gasteiger partial charge in [-0.1, -0.05) is 36.5 Å². The van der Waals surface area contributed by atoms with Crippen molar-refractivity contribution in [1.82, 2.24) is 0 Å². The molecule has 0 N–H and O–H groups in total. The first-order valence-corrected chi connectivity index (χ1v) is 12.4. The van der Waals surface area contributed by atoms with Crippen LogP contribution in [0.2, 0.25) is 0 Å². The average molecular weight is 401 g/mol. The minimum atomic E-state index is -3.57. The summed E-state index contributed by atoms with van der Waals surface area (Å²) in [7, 11) is -7.14. The summed E-state index contributed by atoms with van der Waals surface area (Å²) in [5.74, 6) is 0.00632. The van der Waals surface area contributed by atoms with Gasteiger partial charge in [0.1, 0.15) is 0 Å². The molecule has 0 heterocycles. The van der Waals surface area contributed by atoms with Crippen LogP contribution >= 0.6 is 0 Å². The van der Waals surface area contributed by atoms with Gasteiger partial charge in [-0.2, -0.15) is 16.8 Å². The summed E-state index contributed by atoms with van der Waals surface area (Å²) in [4.78, 5) is 0. The molecule has 6 atom stereocenters. The lowest BCUT2D eigenvalue weighted by Crippen LogP contribution is -2.66. The molecule has 2 bridgehead atoms. The molecule has 1 saturated carbocycles. The van der Waals surface area contributed by atoms with Crippen LogP contribution in [0.15, 0.2) is 36.5 Å². The predicted octanol–water partition coefficient (Wildman–Crippen LogP) is 1.88. The fraction of sp³-hybridized carbons (Fsp3) is 0.667. The Hall–Kier alpha value is -0.960. The van der Waals surface area contributed by atoms with Crippen molar-refractivity contribution >= 4 is 20.2 Å². The van der Waals surface area contributed by atoms with Crippen LogP contribution in [0.1, 0.15) is 12.8 Å².